The Labute approximate surface area is 227 Å². The minimum Gasteiger partial charge on any atom is -0.406 e. The zero-order valence-corrected chi connectivity index (χ0v) is 21.9. The van der Waals surface area contributed by atoms with Gasteiger partial charge in [-0.15, -0.1) is 13.2 Å². The molecular weight excluding hydrogens is 531 g/mol. The van der Waals surface area contributed by atoms with Crippen LogP contribution in [0.1, 0.15) is 51.6 Å². The number of fused-ring (bicyclic) bond motifs is 1. The first-order chi connectivity index (χ1) is 19.0. The van der Waals surface area contributed by atoms with Crippen LogP contribution in [0.2, 0.25) is 0 Å². The average Bonchev–Trinajstić information content (AvgIpc) is 3.21. The van der Waals surface area contributed by atoms with Gasteiger partial charge < -0.3 is 15.0 Å². The summed E-state index contributed by atoms with van der Waals surface area (Å²) >= 11 is 0. The molecule has 0 radical (unpaired) electrons. The number of hydrogen-bond donors (Lipinski definition) is 1. The van der Waals surface area contributed by atoms with Crippen molar-refractivity contribution >= 4 is 17.2 Å². The Hall–Kier alpha value is -4.15. The molecule has 1 saturated heterocycles. The quantitative estimate of drug-likeness (QED) is 0.277. The summed E-state index contributed by atoms with van der Waals surface area (Å²) < 4.78 is 72.3. The molecule has 1 amide bonds. The van der Waals surface area contributed by atoms with E-state index in [9.17, 15) is 22.4 Å². The van der Waals surface area contributed by atoms with Crippen molar-refractivity contribution < 1.29 is 31.5 Å². The second-order valence-electron chi connectivity index (χ2n) is 9.94. The number of rotatable bonds is 6. The number of pyridine rings is 1. The maximum atomic E-state index is 15.1. The van der Waals surface area contributed by atoms with Gasteiger partial charge in [-0.1, -0.05) is 12.1 Å². The minimum absolute atomic E-state index is 0.0972. The van der Waals surface area contributed by atoms with Crippen LogP contribution in [0.25, 0.3) is 5.65 Å². The van der Waals surface area contributed by atoms with E-state index in [1.54, 1.807) is 34.6 Å². The van der Waals surface area contributed by atoms with Gasteiger partial charge in [0.2, 0.25) is 0 Å². The number of halogens is 5. The van der Waals surface area contributed by atoms with E-state index < -0.39 is 17.9 Å². The van der Waals surface area contributed by atoms with Gasteiger partial charge in [-0.2, -0.15) is 0 Å². The van der Waals surface area contributed by atoms with E-state index in [0.717, 1.165) is 11.6 Å². The molecular formula is C29H27F5N4O2. The molecule has 5 rings (SSSR count). The Kier molecular flexibility index (Phi) is 7.39. The van der Waals surface area contributed by atoms with Crippen molar-refractivity contribution in [3.8, 4) is 5.75 Å². The van der Waals surface area contributed by atoms with E-state index in [1.165, 1.54) is 12.1 Å². The normalized spacial score (nSPS) is 14.5. The van der Waals surface area contributed by atoms with Crippen molar-refractivity contribution in [2.75, 3.05) is 18.0 Å². The van der Waals surface area contributed by atoms with Crippen LogP contribution in [0, 0.1) is 25.5 Å². The Morgan fingerprint density at radius 2 is 1.77 bits per heavy atom. The number of aromatic nitrogens is 2. The summed E-state index contributed by atoms with van der Waals surface area (Å²) in [6.07, 6.45) is -2.02. The van der Waals surface area contributed by atoms with E-state index in [2.05, 4.69) is 15.0 Å². The predicted octanol–water partition coefficient (Wildman–Crippen LogP) is 6.44. The molecule has 4 aromatic rings. The first kappa shape index (κ1) is 27.4. The fourth-order valence-electron chi connectivity index (χ4n) is 5.19. The first-order valence-electron chi connectivity index (χ1n) is 12.8. The van der Waals surface area contributed by atoms with Crippen molar-refractivity contribution in [1.82, 2.24) is 14.7 Å². The van der Waals surface area contributed by atoms with Crippen molar-refractivity contribution in [1.29, 1.82) is 0 Å². The number of alkyl halides is 3. The second kappa shape index (κ2) is 10.8. The third-order valence-electron chi connectivity index (χ3n) is 7.12. The first-order valence-corrected chi connectivity index (χ1v) is 12.8. The lowest BCUT2D eigenvalue weighted by Gasteiger charge is -2.34. The molecule has 1 aliphatic heterocycles. The molecule has 0 aliphatic carbocycles. The Morgan fingerprint density at radius 1 is 1.02 bits per heavy atom. The minimum atomic E-state index is -4.90. The number of hydrogen-bond acceptors (Lipinski definition) is 4. The number of benzene rings is 2. The highest BCUT2D eigenvalue weighted by Crippen LogP contribution is 2.34. The number of imidazole rings is 1. The number of piperidine rings is 1. The zero-order valence-electron chi connectivity index (χ0n) is 21.9. The van der Waals surface area contributed by atoms with Crippen LogP contribution in [0.4, 0.5) is 27.6 Å². The Bertz CT molecular complexity index is 1560. The van der Waals surface area contributed by atoms with Gasteiger partial charge in [-0.25, -0.2) is 13.8 Å². The maximum Gasteiger partial charge on any atom is 0.573 e. The molecule has 11 heteroatoms. The average molecular weight is 559 g/mol. The van der Waals surface area contributed by atoms with Gasteiger partial charge in [0, 0.05) is 31.9 Å². The number of carbonyl (C=O) groups excluding carboxylic acids is 1. The van der Waals surface area contributed by atoms with Gasteiger partial charge >= 0.3 is 6.36 Å². The molecule has 0 atom stereocenters. The van der Waals surface area contributed by atoms with Gasteiger partial charge in [-0.3, -0.25) is 9.20 Å². The molecule has 1 aliphatic rings. The van der Waals surface area contributed by atoms with E-state index in [1.807, 2.05) is 19.1 Å². The van der Waals surface area contributed by atoms with Crippen molar-refractivity contribution in [3.05, 3.63) is 94.4 Å². The molecule has 6 nitrogen and oxygen atoms in total. The number of nitrogens with one attached hydrogen (secondary N) is 1. The number of anilines is 1. The van der Waals surface area contributed by atoms with Crippen LogP contribution < -0.4 is 15.0 Å². The molecule has 0 spiro atoms. The summed E-state index contributed by atoms with van der Waals surface area (Å²) in [5, 5.41) is 2.84. The lowest BCUT2D eigenvalue weighted by atomic mass is 9.88. The summed E-state index contributed by atoms with van der Waals surface area (Å²) in [5.74, 6) is -2.22. The van der Waals surface area contributed by atoms with Gasteiger partial charge in [0.1, 0.15) is 28.7 Å². The van der Waals surface area contributed by atoms with Gasteiger partial charge in [0.15, 0.2) is 0 Å². The highest BCUT2D eigenvalue weighted by molar-refractivity contribution is 5.94. The van der Waals surface area contributed by atoms with Gasteiger partial charge in [0.05, 0.1) is 11.4 Å². The molecule has 3 heterocycles. The monoisotopic (exact) mass is 558 g/mol. The smallest absolute Gasteiger partial charge is 0.406 e. The van der Waals surface area contributed by atoms with Crippen LogP contribution in [-0.2, 0) is 6.54 Å². The van der Waals surface area contributed by atoms with Crippen LogP contribution in [0.15, 0.2) is 54.7 Å². The fraction of sp³-hybridized carbons (Fsp3) is 0.310. The highest BCUT2D eigenvalue weighted by Gasteiger charge is 2.32. The lowest BCUT2D eigenvalue weighted by Crippen LogP contribution is -2.33. The van der Waals surface area contributed by atoms with Crippen molar-refractivity contribution in [2.45, 2.75) is 45.5 Å². The summed E-state index contributed by atoms with van der Waals surface area (Å²) in [6.45, 7) is 4.68. The largest absolute Gasteiger partial charge is 0.573 e. The van der Waals surface area contributed by atoms with Gasteiger partial charge in [-0.05, 0) is 79.6 Å². The molecule has 1 N–H and O–H groups in total. The van der Waals surface area contributed by atoms with E-state index in [4.69, 9.17) is 0 Å². The fourth-order valence-corrected chi connectivity index (χ4v) is 5.19. The lowest BCUT2D eigenvalue weighted by molar-refractivity contribution is -0.274. The predicted molar refractivity (Wildman–Crippen MR) is 140 cm³/mol. The topological polar surface area (TPSA) is 58.9 Å². The number of amides is 1. The second-order valence-corrected chi connectivity index (χ2v) is 9.94. The summed E-state index contributed by atoms with van der Waals surface area (Å²) in [5.41, 5.74) is 4.07. The van der Waals surface area contributed by atoms with Crippen LogP contribution in [-0.4, -0.2) is 34.7 Å². The Balaban J connectivity index is 1.19. The highest BCUT2D eigenvalue weighted by atomic mass is 19.4. The van der Waals surface area contributed by atoms with E-state index >= 15 is 4.39 Å². The van der Waals surface area contributed by atoms with Crippen LogP contribution in [0.3, 0.4) is 0 Å². The molecule has 0 bridgehead atoms. The third kappa shape index (κ3) is 5.88. The molecule has 40 heavy (non-hydrogen) atoms. The maximum absolute atomic E-state index is 15.1. The Morgan fingerprint density at radius 3 is 2.45 bits per heavy atom. The number of aryl methyl sites for hydroxylation is 2. The summed E-state index contributed by atoms with van der Waals surface area (Å²) in [6, 6.07) is 11.7. The standard InChI is InChI=1S/C29H27F5N4O2/c1-17-7-12-38-26(13-17)36-18(2)27(38)28(39)35-16-19-3-5-22(23(30)14-19)20-8-10-37(11-9-20)25-6-4-21(15-24(25)31)40-29(32,33)34/h3-7,12-15,20H,8-11,16H2,1-2H3,(H,35,39). The molecule has 210 valence electrons. The van der Waals surface area contributed by atoms with Crippen LogP contribution >= 0.6 is 0 Å². The van der Waals surface area contributed by atoms with E-state index in [-0.39, 0.29) is 29.9 Å². The van der Waals surface area contributed by atoms with Crippen molar-refractivity contribution in [3.63, 3.8) is 0 Å². The summed E-state index contributed by atoms with van der Waals surface area (Å²) in [7, 11) is 0. The number of ether oxygens (including phenoxy) is 1. The number of nitrogens with zero attached hydrogens (tertiary/aromatic N) is 3. The molecule has 1 fully saturated rings. The van der Waals surface area contributed by atoms with Crippen molar-refractivity contribution in [2.24, 2.45) is 0 Å². The SMILES string of the molecule is Cc1ccn2c(C(=O)NCc3ccc(C4CCN(c5ccc(OC(F)(F)F)cc5F)CC4)c(F)c3)c(C)nc2c1. The number of carbonyl (C=O) groups is 1. The molecule has 0 unspecified atom stereocenters. The van der Waals surface area contributed by atoms with Gasteiger partial charge in [0.25, 0.3) is 5.91 Å². The third-order valence-corrected chi connectivity index (χ3v) is 7.12. The summed E-state index contributed by atoms with van der Waals surface area (Å²) in [4.78, 5) is 19.1. The molecule has 2 aromatic heterocycles. The zero-order chi connectivity index (χ0) is 28.6. The molecule has 2 aromatic carbocycles. The van der Waals surface area contributed by atoms with Crippen LogP contribution in [0.5, 0.6) is 5.75 Å². The van der Waals surface area contributed by atoms with E-state index in [0.29, 0.717) is 60.2 Å². The molecule has 0 saturated carbocycles.